The van der Waals surface area contributed by atoms with Crippen LogP contribution in [0.5, 0.6) is 0 Å². The first-order chi connectivity index (χ1) is 11.7. The molecule has 0 aliphatic carbocycles. The standard InChI is InChI=1S/C18H19FN4O/c19-15-3-1-2-12(8-15)18(24)23-7-5-16-14(11-23)10-21-17(22-16)13-4-6-20-9-13/h1-3,8,10,13,20H,4-7,9,11H2/t13-/m1/s1. The zero-order valence-corrected chi connectivity index (χ0v) is 13.3. The summed E-state index contributed by atoms with van der Waals surface area (Å²) in [5.41, 5.74) is 2.41. The second kappa shape index (κ2) is 6.28. The van der Waals surface area contributed by atoms with Crippen molar-refractivity contribution in [2.45, 2.75) is 25.3 Å². The SMILES string of the molecule is O=C(c1cccc(F)c1)N1CCc2nc([C@@H]3CCNC3)ncc2C1. The third kappa shape index (κ3) is 2.89. The molecule has 0 spiro atoms. The van der Waals surface area contributed by atoms with Gasteiger partial charge in [0.2, 0.25) is 0 Å². The second-order valence-electron chi connectivity index (χ2n) is 6.38. The van der Waals surface area contributed by atoms with Crippen LogP contribution in [0.15, 0.2) is 30.5 Å². The Morgan fingerprint density at radius 1 is 1.38 bits per heavy atom. The van der Waals surface area contributed by atoms with Crippen molar-refractivity contribution < 1.29 is 9.18 Å². The lowest BCUT2D eigenvalue weighted by Crippen LogP contribution is -2.36. The molecule has 0 unspecified atom stereocenters. The van der Waals surface area contributed by atoms with Crippen LogP contribution in [-0.4, -0.2) is 40.4 Å². The van der Waals surface area contributed by atoms with Crippen molar-refractivity contribution in [1.29, 1.82) is 0 Å². The summed E-state index contributed by atoms with van der Waals surface area (Å²) in [5, 5.41) is 3.33. The van der Waals surface area contributed by atoms with E-state index in [1.807, 2.05) is 6.20 Å². The third-order valence-corrected chi connectivity index (χ3v) is 4.74. The number of hydrogen-bond acceptors (Lipinski definition) is 4. The fourth-order valence-corrected chi connectivity index (χ4v) is 3.38. The molecule has 1 fully saturated rings. The van der Waals surface area contributed by atoms with Crippen molar-refractivity contribution in [2.75, 3.05) is 19.6 Å². The first kappa shape index (κ1) is 15.2. The maximum absolute atomic E-state index is 13.3. The largest absolute Gasteiger partial charge is 0.334 e. The van der Waals surface area contributed by atoms with Gasteiger partial charge in [-0.15, -0.1) is 0 Å². The fraction of sp³-hybridized carbons (Fsp3) is 0.389. The summed E-state index contributed by atoms with van der Waals surface area (Å²) in [6.45, 7) is 3.03. The topological polar surface area (TPSA) is 58.1 Å². The second-order valence-corrected chi connectivity index (χ2v) is 6.38. The summed E-state index contributed by atoms with van der Waals surface area (Å²) in [6.07, 6.45) is 3.63. The van der Waals surface area contributed by atoms with Crippen molar-refractivity contribution in [2.24, 2.45) is 0 Å². The summed E-state index contributed by atoms with van der Waals surface area (Å²) in [7, 11) is 0. The maximum atomic E-state index is 13.3. The molecule has 124 valence electrons. The highest BCUT2D eigenvalue weighted by Crippen LogP contribution is 2.23. The Kier molecular flexibility index (Phi) is 3.98. The van der Waals surface area contributed by atoms with Crippen molar-refractivity contribution in [3.8, 4) is 0 Å². The summed E-state index contributed by atoms with van der Waals surface area (Å²) >= 11 is 0. The molecular weight excluding hydrogens is 307 g/mol. The molecule has 0 bridgehead atoms. The van der Waals surface area contributed by atoms with E-state index in [9.17, 15) is 9.18 Å². The van der Waals surface area contributed by atoms with Crippen LogP contribution < -0.4 is 5.32 Å². The molecule has 0 saturated carbocycles. The maximum Gasteiger partial charge on any atom is 0.254 e. The number of rotatable bonds is 2. The van der Waals surface area contributed by atoms with E-state index >= 15 is 0 Å². The van der Waals surface area contributed by atoms with E-state index in [4.69, 9.17) is 4.98 Å². The first-order valence-electron chi connectivity index (χ1n) is 8.31. The van der Waals surface area contributed by atoms with Gasteiger partial charge >= 0.3 is 0 Å². The van der Waals surface area contributed by atoms with Crippen molar-refractivity contribution in [3.63, 3.8) is 0 Å². The minimum absolute atomic E-state index is 0.149. The molecule has 2 aliphatic rings. The van der Waals surface area contributed by atoms with Crippen LogP contribution in [0.4, 0.5) is 4.39 Å². The molecule has 1 atom stereocenters. The predicted octanol–water partition coefficient (Wildman–Crippen LogP) is 1.89. The average Bonchev–Trinajstić information content (AvgIpc) is 3.15. The number of benzene rings is 1. The Labute approximate surface area is 139 Å². The first-order valence-corrected chi connectivity index (χ1v) is 8.31. The Bertz CT molecular complexity index is 773. The highest BCUT2D eigenvalue weighted by atomic mass is 19.1. The zero-order valence-electron chi connectivity index (χ0n) is 13.3. The average molecular weight is 326 g/mol. The van der Waals surface area contributed by atoms with Crippen LogP contribution in [0.25, 0.3) is 0 Å². The van der Waals surface area contributed by atoms with E-state index in [0.29, 0.717) is 31.0 Å². The molecule has 2 aromatic rings. The lowest BCUT2D eigenvalue weighted by Gasteiger charge is -2.28. The Hall–Kier alpha value is -2.34. The number of nitrogens with one attached hydrogen (secondary N) is 1. The predicted molar refractivity (Wildman–Crippen MR) is 87.1 cm³/mol. The number of hydrogen-bond donors (Lipinski definition) is 1. The molecule has 6 heteroatoms. The molecule has 5 nitrogen and oxygen atoms in total. The van der Waals surface area contributed by atoms with Crippen LogP contribution in [0.2, 0.25) is 0 Å². The van der Waals surface area contributed by atoms with Gasteiger partial charge in [0.15, 0.2) is 0 Å². The van der Waals surface area contributed by atoms with Crippen molar-refractivity contribution in [3.05, 3.63) is 58.9 Å². The molecule has 0 radical (unpaired) electrons. The molecule has 1 N–H and O–H groups in total. The molecule has 1 aromatic heterocycles. The van der Waals surface area contributed by atoms with Gasteiger partial charge < -0.3 is 10.2 Å². The van der Waals surface area contributed by atoms with E-state index in [2.05, 4.69) is 10.3 Å². The third-order valence-electron chi connectivity index (χ3n) is 4.74. The van der Waals surface area contributed by atoms with Crippen LogP contribution >= 0.6 is 0 Å². The minimum atomic E-state index is -0.392. The highest BCUT2D eigenvalue weighted by Gasteiger charge is 2.25. The minimum Gasteiger partial charge on any atom is -0.334 e. The van der Waals surface area contributed by atoms with E-state index in [1.54, 1.807) is 17.0 Å². The number of amides is 1. The Morgan fingerprint density at radius 3 is 3.08 bits per heavy atom. The van der Waals surface area contributed by atoms with Gasteiger partial charge in [-0.05, 0) is 31.2 Å². The smallest absolute Gasteiger partial charge is 0.254 e. The summed E-state index contributed by atoms with van der Waals surface area (Å²) in [6, 6.07) is 5.83. The summed E-state index contributed by atoms with van der Waals surface area (Å²) < 4.78 is 13.3. The number of halogens is 1. The van der Waals surface area contributed by atoms with Crippen LogP contribution in [0.1, 0.15) is 39.8 Å². The van der Waals surface area contributed by atoms with Gasteiger partial charge in [0.05, 0.1) is 5.69 Å². The van der Waals surface area contributed by atoms with Gasteiger partial charge in [-0.2, -0.15) is 0 Å². The van der Waals surface area contributed by atoms with Gasteiger partial charge in [-0.1, -0.05) is 6.07 Å². The molecule has 3 heterocycles. The molecular formula is C18H19FN4O. The number of nitrogens with zero attached hydrogens (tertiary/aromatic N) is 3. The van der Waals surface area contributed by atoms with Gasteiger partial charge in [0.25, 0.3) is 5.91 Å². The molecule has 1 saturated heterocycles. The van der Waals surface area contributed by atoms with Crippen molar-refractivity contribution in [1.82, 2.24) is 20.2 Å². The lowest BCUT2D eigenvalue weighted by molar-refractivity contribution is 0.0732. The number of fused-ring (bicyclic) bond motifs is 1. The van der Waals surface area contributed by atoms with E-state index in [1.165, 1.54) is 12.1 Å². The van der Waals surface area contributed by atoms with Crippen LogP contribution in [0, 0.1) is 5.82 Å². The van der Waals surface area contributed by atoms with Crippen LogP contribution in [0.3, 0.4) is 0 Å². The molecule has 1 amide bonds. The van der Waals surface area contributed by atoms with Gasteiger partial charge in [-0.3, -0.25) is 4.79 Å². The molecule has 24 heavy (non-hydrogen) atoms. The molecule has 2 aliphatic heterocycles. The van der Waals surface area contributed by atoms with E-state index in [-0.39, 0.29) is 5.91 Å². The van der Waals surface area contributed by atoms with E-state index in [0.717, 1.165) is 36.6 Å². The monoisotopic (exact) mass is 326 g/mol. The van der Waals surface area contributed by atoms with Crippen molar-refractivity contribution >= 4 is 5.91 Å². The van der Waals surface area contributed by atoms with Crippen LogP contribution in [-0.2, 0) is 13.0 Å². The summed E-state index contributed by atoms with van der Waals surface area (Å²) in [4.78, 5) is 23.5. The number of aromatic nitrogens is 2. The van der Waals surface area contributed by atoms with Gasteiger partial charge in [-0.25, -0.2) is 14.4 Å². The molecule has 1 aromatic carbocycles. The Morgan fingerprint density at radius 2 is 2.29 bits per heavy atom. The molecule has 4 rings (SSSR count). The van der Waals surface area contributed by atoms with Gasteiger partial charge in [0, 0.05) is 49.3 Å². The summed E-state index contributed by atoms with van der Waals surface area (Å²) in [5.74, 6) is 0.756. The quantitative estimate of drug-likeness (QED) is 0.916. The van der Waals surface area contributed by atoms with E-state index < -0.39 is 5.82 Å². The normalized spacial score (nSPS) is 20.0. The fourth-order valence-electron chi connectivity index (χ4n) is 3.38. The zero-order chi connectivity index (χ0) is 16.5. The number of carbonyl (C=O) groups excluding carboxylic acids is 1. The highest BCUT2D eigenvalue weighted by molar-refractivity contribution is 5.94. The number of carbonyl (C=O) groups is 1. The lowest BCUT2D eigenvalue weighted by atomic mass is 10.0. The Balaban J connectivity index is 1.52. The van der Waals surface area contributed by atoms with Gasteiger partial charge in [0.1, 0.15) is 11.6 Å².